The van der Waals surface area contributed by atoms with Crippen LogP contribution in [0, 0.1) is 0 Å². The van der Waals surface area contributed by atoms with Crippen LogP contribution >= 0.6 is 0 Å². The average molecular weight is 221 g/mol. The first kappa shape index (κ1) is 11.7. The van der Waals surface area contributed by atoms with E-state index in [9.17, 15) is 13.2 Å². The standard InChI is InChI=1S/C8H10F3N3O/c1-5(8(9,10)11)15-7-13-3-2-6(4-12)14-7/h2-3,5H,4,12H2,1H3. The fraction of sp³-hybridized carbons (Fsp3) is 0.500. The van der Waals surface area contributed by atoms with Crippen molar-refractivity contribution >= 4 is 0 Å². The highest BCUT2D eigenvalue weighted by molar-refractivity contribution is 5.05. The van der Waals surface area contributed by atoms with E-state index in [4.69, 9.17) is 5.73 Å². The smallest absolute Gasteiger partial charge is 0.425 e. The van der Waals surface area contributed by atoms with E-state index in [1.54, 1.807) is 0 Å². The zero-order valence-electron chi connectivity index (χ0n) is 7.95. The van der Waals surface area contributed by atoms with E-state index in [0.29, 0.717) is 5.69 Å². The maximum Gasteiger partial charge on any atom is 0.425 e. The summed E-state index contributed by atoms with van der Waals surface area (Å²) in [6.45, 7) is 1.01. The van der Waals surface area contributed by atoms with Crippen LogP contribution < -0.4 is 10.5 Å². The molecule has 1 aromatic rings. The number of ether oxygens (including phenoxy) is 1. The quantitative estimate of drug-likeness (QED) is 0.834. The lowest BCUT2D eigenvalue weighted by Gasteiger charge is -2.16. The number of nitrogens with two attached hydrogens (primary N) is 1. The summed E-state index contributed by atoms with van der Waals surface area (Å²) in [6.07, 6.45) is -5.07. The molecule has 1 atom stereocenters. The van der Waals surface area contributed by atoms with Crippen molar-refractivity contribution in [3.05, 3.63) is 18.0 Å². The molecule has 1 rings (SSSR count). The van der Waals surface area contributed by atoms with Crippen molar-refractivity contribution in [3.8, 4) is 6.01 Å². The summed E-state index contributed by atoms with van der Waals surface area (Å²) < 4.78 is 40.9. The Morgan fingerprint density at radius 3 is 2.73 bits per heavy atom. The van der Waals surface area contributed by atoms with Crippen LogP contribution in [-0.4, -0.2) is 22.2 Å². The Kier molecular flexibility index (Phi) is 3.46. The minimum absolute atomic E-state index is 0.124. The van der Waals surface area contributed by atoms with Crippen molar-refractivity contribution in [2.75, 3.05) is 0 Å². The average Bonchev–Trinajstić information content (AvgIpc) is 2.16. The molecule has 0 aliphatic carbocycles. The molecule has 0 aliphatic heterocycles. The highest BCUT2D eigenvalue weighted by Crippen LogP contribution is 2.22. The Hall–Kier alpha value is -1.37. The van der Waals surface area contributed by atoms with Gasteiger partial charge in [-0.25, -0.2) is 4.98 Å². The van der Waals surface area contributed by atoms with Gasteiger partial charge in [0.1, 0.15) is 0 Å². The van der Waals surface area contributed by atoms with Gasteiger partial charge in [-0.1, -0.05) is 0 Å². The summed E-state index contributed by atoms with van der Waals surface area (Å²) in [5.41, 5.74) is 5.69. The van der Waals surface area contributed by atoms with Crippen molar-refractivity contribution in [2.24, 2.45) is 5.73 Å². The largest absolute Gasteiger partial charge is 0.451 e. The molecule has 84 valence electrons. The summed E-state index contributed by atoms with van der Waals surface area (Å²) in [5, 5.41) is 0. The molecule has 0 amide bonds. The lowest BCUT2D eigenvalue weighted by atomic mass is 10.4. The van der Waals surface area contributed by atoms with Crippen LogP contribution in [0.4, 0.5) is 13.2 Å². The van der Waals surface area contributed by atoms with Crippen molar-refractivity contribution in [2.45, 2.75) is 25.7 Å². The molecule has 0 saturated carbocycles. The van der Waals surface area contributed by atoms with Gasteiger partial charge in [0.15, 0.2) is 6.10 Å². The second-order valence-electron chi connectivity index (χ2n) is 2.84. The van der Waals surface area contributed by atoms with Crippen molar-refractivity contribution in [3.63, 3.8) is 0 Å². The Bertz CT molecular complexity index is 329. The maximum absolute atomic E-state index is 12.1. The van der Waals surface area contributed by atoms with E-state index in [1.807, 2.05) is 0 Å². The van der Waals surface area contributed by atoms with Gasteiger partial charge in [-0.2, -0.15) is 18.2 Å². The van der Waals surface area contributed by atoms with E-state index in [2.05, 4.69) is 14.7 Å². The summed E-state index contributed by atoms with van der Waals surface area (Å²) in [5.74, 6) is 0. The first-order valence-electron chi connectivity index (χ1n) is 4.19. The molecule has 0 aromatic carbocycles. The number of nitrogens with zero attached hydrogens (tertiary/aromatic N) is 2. The first-order valence-corrected chi connectivity index (χ1v) is 4.19. The molecular formula is C8H10F3N3O. The molecular weight excluding hydrogens is 211 g/mol. The van der Waals surface area contributed by atoms with Crippen molar-refractivity contribution in [1.29, 1.82) is 0 Å². The van der Waals surface area contributed by atoms with Crippen LogP contribution in [0.25, 0.3) is 0 Å². The predicted octanol–water partition coefficient (Wildman–Crippen LogP) is 1.26. The van der Waals surface area contributed by atoms with Crippen LogP contribution in [0.5, 0.6) is 6.01 Å². The van der Waals surface area contributed by atoms with Crippen LogP contribution in [0.1, 0.15) is 12.6 Å². The molecule has 0 saturated heterocycles. The molecule has 15 heavy (non-hydrogen) atoms. The molecule has 1 heterocycles. The van der Waals surface area contributed by atoms with Crippen LogP contribution in [0.15, 0.2) is 12.3 Å². The number of aromatic nitrogens is 2. The Labute approximate surface area is 84.3 Å². The first-order chi connectivity index (χ1) is 6.93. The van der Waals surface area contributed by atoms with Gasteiger partial charge in [-0.05, 0) is 13.0 Å². The highest BCUT2D eigenvalue weighted by Gasteiger charge is 2.38. The van der Waals surface area contributed by atoms with Crippen molar-refractivity contribution in [1.82, 2.24) is 9.97 Å². The van der Waals surface area contributed by atoms with E-state index >= 15 is 0 Å². The van der Waals surface area contributed by atoms with Gasteiger partial charge < -0.3 is 10.5 Å². The van der Waals surface area contributed by atoms with Gasteiger partial charge in [0.25, 0.3) is 0 Å². The van der Waals surface area contributed by atoms with Crippen LogP contribution in [0.2, 0.25) is 0 Å². The van der Waals surface area contributed by atoms with E-state index in [-0.39, 0.29) is 12.6 Å². The Morgan fingerprint density at radius 2 is 2.20 bits per heavy atom. The predicted molar refractivity (Wildman–Crippen MR) is 46.1 cm³/mol. The van der Waals surface area contributed by atoms with E-state index in [0.717, 1.165) is 6.92 Å². The molecule has 4 nitrogen and oxygen atoms in total. The van der Waals surface area contributed by atoms with Gasteiger partial charge >= 0.3 is 12.2 Å². The number of alkyl halides is 3. The van der Waals surface area contributed by atoms with Gasteiger partial charge in [0.2, 0.25) is 0 Å². The lowest BCUT2D eigenvalue weighted by molar-refractivity contribution is -0.190. The normalized spacial score (nSPS) is 13.7. The number of rotatable bonds is 3. The molecule has 0 radical (unpaired) electrons. The fourth-order valence-electron chi connectivity index (χ4n) is 0.771. The molecule has 7 heteroatoms. The summed E-state index contributed by atoms with van der Waals surface area (Å²) in [7, 11) is 0. The van der Waals surface area contributed by atoms with E-state index in [1.165, 1.54) is 12.3 Å². The molecule has 2 N–H and O–H groups in total. The lowest BCUT2D eigenvalue weighted by Crippen LogP contribution is -2.31. The number of hydrogen-bond acceptors (Lipinski definition) is 4. The molecule has 0 bridgehead atoms. The monoisotopic (exact) mass is 221 g/mol. The third kappa shape index (κ3) is 3.35. The topological polar surface area (TPSA) is 61.0 Å². The van der Waals surface area contributed by atoms with Crippen LogP contribution in [-0.2, 0) is 6.54 Å². The zero-order chi connectivity index (χ0) is 11.5. The molecule has 0 fully saturated rings. The zero-order valence-corrected chi connectivity index (χ0v) is 7.95. The van der Waals surface area contributed by atoms with E-state index < -0.39 is 12.3 Å². The summed E-state index contributed by atoms with van der Waals surface area (Å²) >= 11 is 0. The third-order valence-electron chi connectivity index (χ3n) is 1.64. The summed E-state index contributed by atoms with van der Waals surface area (Å²) in [6, 6.07) is 1.19. The van der Waals surface area contributed by atoms with Crippen molar-refractivity contribution < 1.29 is 17.9 Å². The number of hydrogen-bond donors (Lipinski definition) is 1. The second-order valence-corrected chi connectivity index (χ2v) is 2.84. The second kappa shape index (κ2) is 4.43. The Morgan fingerprint density at radius 1 is 1.53 bits per heavy atom. The third-order valence-corrected chi connectivity index (χ3v) is 1.64. The minimum Gasteiger partial charge on any atom is -0.451 e. The van der Waals surface area contributed by atoms with Gasteiger partial charge in [-0.15, -0.1) is 0 Å². The maximum atomic E-state index is 12.1. The van der Waals surface area contributed by atoms with Gasteiger partial charge in [0, 0.05) is 12.7 Å². The van der Waals surface area contributed by atoms with Gasteiger partial charge in [0.05, 0.1) is 5.69 Å². The highest BCUT2D eigenvalue weighted by atomic mass is 19.4. The minimum atomic E-state index is -4.43. The summed E-state index contributed by atoms with van der Waals surface area (Å²) in [4.78, 5) is 7.24. The SMILES string of the molecule is CC(Oc1nccc(CN)n1)C(F)(F)F. The Balaban J connectivity index is 2.72. The molecule has 1 aromatic heterocycles. The molecule has 1 unspecified atom stereocenters. The fourth-order valence-corrected chi connectivity index (χ4v) is 0.771. The van der Waals surface area contributed by atoms with Gasteiger partial charge in [-0.3, -0.25) is 0 Å². The number of halogens is 3. The molecule has 0 aliphatic rings. The van der Waals surface area contributed by atoms with Crippen LogP contribution in [0.3, 0.4) is 0 Å². The molecule has 0 spiro atoms.